The molecular formula is C17H20BrN3O. The molecule has 116 valence electrons. The summed E-state index contributed by atoms with van der Waals surface area (Å²) in [6, 6.07) is 13.6. The highest BCUT2D eigenvalue weighted by atomic mass is 79.9. The summed E-state index contributed by atoms with van der Waals surface area (Å²) in [5, 5.41) is 8.95. The van der Waals surface area contributed by atoms with Crippen LogP contribution < -0.4 is 16.0 Å². The van der Waals surface area contributed by atoms with Crippen LogP contribution in [0.3, 0.4) is 0 Å². The topological polar surface area (TPSA) is 53.2 Å². The minimum atomic E-state index is -0.195. The third-order valence-electron chi connectivity index (χ3n) is 3.03. The number of anilines is 3. The lowest BCUT2D eigenvalue weighted by atomic mass is 10.2. The molecule has 0 atom stereocenters. The normalized spacial score (nSPS) is 10.4. The fourth-order valence-corrected chi connectivity index (χ4v) is 2.46. The lowest BCUT2D eigenvalue weighted by Crippen LogP contribution is -2.34. The molecule has 0 fully saturated rings. The van der Waals surface area contributed by atoms with Crippen LogP contribution in [0, 0.1) is 6.92 Å². The monoisotopic (exact) mass is 361 g/mol. The Balaban J connectivity index is 2.01. The smallest absolute Gasteiger partial charge is 0.319 e. The van der Waals surface area contributed by atoms with E-state index in [1.165, 1.54) is 0 Å². The fraction of sp³-hybridized carbons (Fsp3) is 0.235. The Bertz CT molecular complexity index is 653. The quantitative estimate of drug-likeness (QED) is 0.714. The van der Waals surface area contributed by atoms with Crippen molar-refractivity contribution in [2.45, 2.75) is 26.8 Å². The van der Waals surface area contributed by atoms with Gasteiger partial charge in [0.1, 0.15) is 0 Å². The molecule has 5 heteroatoms. The molecular weight excluding hydrogens is 342 g/mol. The number of halogens is 1. The molecule has 2 amide bonds. The molecule has 3 N–H and O–H groups in total. The van der Waals surface area contributed by atoms with Crippen LogP contribution in [0.4, 0.5) is 21.9 Å². The maximum atomic E-state index is 11.6. The number of aryl methyl sites for hydroxylation is 1. The van der Waals surface area contributed by atoms with Crippen molar-refractivity contribution in [1.29, 1.82) is 0 Å². The number of hydrogen-bond acceptors (Lipinski definition) is 2. The summed E-state index contributed by atoms with van der Waals surface area (Å²) in [5.74, 6) is 0. The van der Waals surface area contributed by atoms with Crippen LogP contribution in [0.5, 0.6) is 0 Å². The van der Waals surface area contributed by atoms with E-state index in [1.807, 2.05) is 50.2 Å². The molecule has 0 aliphatic heterocycles. The molecule has 0 heterocycles. The number of amides is 2. The molecule has 2 rings (SSSR count). The van der Waals surface area contributed by atoms with E-state index in [0.717, 1.165) is 27.1 Å². The Kier molecular flexibility index (Phi) is 5.44. The molecule has 0 radical (unpaired) electrons. The molecule has 0 aromatic heterocycles. The maximum Gasteiger partial charge on any atom is 0.319 e. The van der Waals surface area contributed by atoms with Gasteiger partial charge in [0.05, 0.1) is 0 Å². The first-order chi connectivity index (χ1) is 10.4. The number of hydrogen-bond donors (Lipinski definition) is 3. The minimum absolute atomic E-state index is 0.112. The third kappa shape index (κ3) is 4.77. The van der Waals surface area contributed by atoms with Crippen molar-refractivity contribution in [3.63, 3.8) is 0 Å². The third-order valence-corrected chi connectivity index (χ3v) is 3.52. The van der Waals surface area contributed by atoms with Gasteiger partial charge in [-0.1, -0.05) is 15.9 Å². The van der Waals surface area contributed by atoms with E-state index in [9.17, 15) is 4.79 Å². The Morgan fingerprint density at radius 3 is 2.27 bits per heavy atom. The average molecular weight is 362 g/mol. The van der Waals surface area contributed by atoms with Crippen LogP contribution in [-0.4, -0.2) is 12.1 Å². The van der Waals surface area contributed by atoms with Crippen LogP contribution in [0.25, 0.3) is 0 Å². The summed E-state index contributed by atoms with van der Waals surface area (Å²) in [5.41, 5.74) is 3.95. The van der Waals surface area contributed by atoms with E-state index >= 15 is 0 Å². The molecule has 2 aromatic rings. The highest BCUT2D eigenvalue weighted by Crippen LogP contribution is 2.24. The van der Waals surface area contributed by atoms with E-state index in [1.54, 1.807) is 0 Å². The SMILES string of the molecule is Cc1cc(Br)ccc1Nc1ccc(NC(=O)NC(C)C)cc1. The zero-order chi connectivity index (χ0) is 16.1. The molecule has 22 heavy (non-hydrogen) atoms. The predicted molar refractivity (Wildman–Crippen MR) is 95.9 cm³/mol. The molecule has 0 saturated carbocycles. The number of urea groups is 1. The van der Waals surface area contributed by atoms with Gasteiger partial charge in [-0.25, -0.2) is 4.79 Å². The van der Waals surface area contributed by atoms with E-state index in [2.05, 4.69) is 44.9 Å². The van der Waals surface area contributed by atoms with Gasteiger partial charge in [-0.05, 0) is 68.8 Å². The van der Waals surface area contributed by atoms with Gasteiger partial charge in [0.2, 0.25) is 0 Å². The summed E-state index contributed by atoms with van der Waals surface area (Å²) >= 11 is 3.46. The van der Waals surface area contributed by atoms with E-state index in [4.69, 9.17) is 0 Å². The molecule has 0 bridgehead atoms. The summed E-state index contributed by atoms with van der Waals surface area (Å²) in [6.07, 6.45) is 0. The van der Waals surface area contributed by atoms with Gasteiger partial charge in [-0.15, -0.1) is 0 Å². The Morgan fingerprint density at radius 2 is 1.68 bits per heavy atom. The Labute approximate surface area is 139 Å². The van der Waals surface area contributed by atoms with E-state index in [0.29, 0.717) is 0 Å². The van der Waals surface area contributed by atoms with Gasteiger partial charge in [-0.3, -0.25) is 0 Å². The molecule has 0 unspecified atom stereocenters. The first-order valence-electron chi connectivity index (χ1n) is 7.15. The van der Waals surface area contributed by atoms with Gasteiger partial charge < -0.3 is 16.0 Å². The van der Waals surface area contributed by atoms with Crippen molar-refractivity contribution >= 4 is 39.0 Å². The number of benzene rings is 2. The molecule has 0 aliphatic carbocycles. The number of carbonyl (C=O) groups is 1. The lowest BCUT2D eigenvalue weighted by molar-refractivity contribution is 0.250. The number of carbonyl (C=O) groups excluding carboxylic acids is 1. The van der Waals surface area contributed by atoms with Gasteiger partial charge in [0.25, 0.3) is 0 Å². The number of rotatable bonds is 4. The fourth-order valence-electron chi connectivity index (χ4n) is 1.99. The second-order valence-corrected chi connectivity index (χ2v) is 6.33. The molecule has 4 nitrogen and oxygen atoms in total. The number of nitrogens with one attached hydrogen (secondary N) is 3. The zero-order valence-corrected chi connectivity index (χ0v) is 14.5. The highest BCUT2D eigenvalue weighted by Gasteiger charge is 2.04. The van der Waals surface area contributed by atoms with Gasteiger partial charge in [0.15, 0.2) is 0 Å². The van der Waals surface area contributed by atoms with Crippen LogP contribution in [0.2, 0.25) is 0 Å². The predicted octanol–water partition coefficient (Wildman–Crippen LogP) is 5.03. The van der Waals surface area contributed by atoms with Crippen LogP contribution in [0.1, 0.15) is 19.4 Å². The summed E-state index contributed by atoms with van der Waals surface area (Å²) < 4.78 is 1.06. The second kappa shape index (κ2) is 7.31. The Hall–Kier alpha value is -2.01. The van der Waals surface area contributed by atoms with E-state index < -0.39 is 0 Å². The van der Waals surface area contributed by atoms with Gasteiger partial charge >= 0.3 is 6.03 Å². The first-order valence-corrected chi connectivity index (χ1v) is 7.94. The molecule has 0 aliphatic rings. The van der Waals surface area contributed by atoms with Crippen molar-refractivity contribution in [1.82, 2.24) is 5.32 Å². The standard InChI is InChI=1S/C17H20BrN3O/c1-11(2)19-17(22)21-15-7-5-14(6-8-15)20-16-9-4-13(18)10-12(16)3/h4-11,20H,1-3H3,(H2,19,21,22). The van der Waals surface area contributed by atoms with Crippen LogP contribution in [-0.2, 0) is 0 Å². The molecule has 2 aromatic carbocycles. The van der Waals surface area contributed by atoms with Crippen molar-refractivity contribution in [2.24, 2.45) is 0 Å². The second-order valence-electron chi connectivity index (χ2n) is 5.41. The minimum Gasteiger partial charge on any atom is -0.355 e. The van der Waals surface area contributed by atoms with Gasteiger partial charge in [0, 0.05) is 27.6 Å². The summed E-state index contributed by atoms with van der Waals surface area (Å²) in [6.45, 7) is 5.90. The largest absolute Gasteiger partial charge is 0.355 e. The lowest BCUT2D eigenvalue weighted by Gasteiger charge is -2.12. The van der Waals surface area contributed by atoms with Crippen molar-refractivity contribution < 1.29 is 4.79 Å². The van der Waals surface area contributed by atoms with Crippen LogP contribution >= 0.6 is 15.9 Å². The van der Waals surface area contributed by atoms with Gasteiger partial charge in [-0.2, -0.15) is 0 Å². The summed E-state index contributed by atoms with van der Waals surface area (Å²) in [4.78, 5) is 11.6. The van der Waals surface area contributed by atoms with Crippen molar-refractivity contribution in [3.05, 3.63) is 52.5 Å². The summed E-state index contributed by atoms with van der Waals surface area (Å²) in [7, 11) is 0. The Morgan fingerprint density at radius 1 is 1.05 bits per heavy atom. The average Bonchev–Trinajstić information content (AvgIpc) is 2.43. The van der Waals surface area contributed by atoms with Crippen molar-refractivity contribution in [3.8, 4) is 0 Å². The zero-order valence-electron chi connectivity index (χ0n) is 12.9. The maximum absolute atomic E-state index is 11.6. The van der Waals surface area contributed by atoms with E-state index in [-0.39, 0.29) is 12.1 Å². The molecule has 0 saturated heterocycles. The first kappa shape index (κ1) is 16.4. The highest BCUT2D eigenvalue weighted by molar-refractivity contribution is 9.10. The molecule has 0 spiro atoms. The van der Waals surface area contributed by atoms with Crippen LogP contribution in [0.15, 0.2) is 46.9 Å². The van der Waals surface area contributed by atoms with Crippen molar-refractivity contribution in [2.75, 3.05) is 10.6 Å².